The van der Waals surface area contributed by atoms with Crippen LogP contribution in [-0.2, 0) is 4.74 Å². The van der Waals surface area contributed by atoms with Crippen molar-refractivity contribution in [1.82, 2.24) is 0 Å². The summed E-state index contributed by atoms with van der Waals surface area (Å²) in [5.41, 5.74) is 5.65. The van der Waals surface area contributed by atoms with E-state index in [4.69, 9.17) is 10.5 Å². The summed E-state index contributed by atoms with van der Waals surface area (Å²) in [6, 6.07) is 0. The first-order valence-corrected chi connectivity index (χ1v) is 5.72. The minimum absolute atomic E-state index is 0.0186. The molecule has 14 heavy (non-hydrogen) atoms. The van der Waals surface area contributed by atoms with Crippen molar-refractivity contribution in [3.05, 3.63) is 0 Å². The van der Waals surface area contributed by atoms with Gasteiger partial charge in [0.2, 0.25) is 0 Å². The molecule has 0 spiro atoms. The summed E-state index contributed by atoms with van der Waals surface area (Å²) in [5.74, 6) is 0.204. The molecular weight excluding hydrogens is 178 g/mol. The number of aliphatic hydroxyl groups is 1. The summed E-state index contributed by atoms with van der Waals surface area (Å²) in [4.78, 5) is 0. The molecule has 4 atom stereocenters. The molecule has 0 amide bonds. The normalized spacial score (nSPS) is 31.7. The van der Waals surface area contributed by atoms with Crippen LogP contribution >= 0.6 is 0 Å². The Kier molecular flexibility index (Phi) is 4.85. The lowest BCUT2D eigenvalue weighted by molar-refractivity contribution is -0.0531. The second kappa shape index (κ2) is 5.69. The fourth-order valence-electron chi connectivity index (χ4n) is 2.19. The van der Waals surface area contributed by atoms with E-state index in [9.17, 15) is 5.11 Å². The van der Waals surface area contributed by atoms with Crippen molar-refractivity contribution in [2.45, 2.75) is 57.8 Å². The molecule has 1 aliphatic rings. The Labute approximate surface area is 86.6 Å². The predicted octanol–water partition coefficient (Wildman–Crippen LogP) is 1.29. The van der Waals surface area contributed by atoms with Crippen LogP contribution in [0.2, 0.25) is 0 Å². The van der Waals surface area contributed by atoms with Crippen molar-refractivity contribution < 1.29 is 9.84 Å². The van der Waals surface area contributed by atoms with Gasteiger partial charge in [0.15, 0.2) is 0 Å². The first-order chi connectivity index (χ1) is 6.69. The van der Waals surface area contributed by atoms with Gasteiger partial charge >= 0.3 is 0 Å². The molecule has 1 fully saturated rings. The van der Waals surface area contributed by atoms with E-state index in [1.54, 1.807) is 0 Å². The van der Waals surface area contributed by atoms with Crippen LogP contribution in [0.5, 0.6) is 0 Å². The summed E-state index contributed by atoms with van der Waals surface area (Å²) < 4.78 is 5.65. The Balaban J connectivity index is 2.41. The van der Waals surface area contributed by atoms with Crippen molar-refractivity contribution in [1.29, 1.82) is 0 Å². The van der Waals surface area contributed by atoms with Gasteiger partial charge in [-0.25, -0.2) is 0 Å². The molecular formula is C11H23NO2. The quantitative estimate of drug-likeness (QED) is 0.704. The third kappa shape index (κ3) is 2.94. The molecule has 3 nitrogen and oxygen atoms in total. The van der Waals surface area contributed by atoms with Gasteiger partial charge in [-0.2, -0.15) is 0 Å². The molecule has 84 valence electrons. The topological polar surface area (TPSA) is 55.5 Å². The summed E-state index contributed by atoms with van der Waals surface area (Å²) in [6.07, 6.45) is 4.05. The number of aliphatic hydroxyl groups excluding tert-OH is 1. The van der Waals surface area contributed by atoms with Crippen molar-refractivity contribution in [2.24, 2.45) is 11.7 Å². The molecule has 1 saturated heterocycles. The SMILES string of the molecule is CCCC(CN)C(O)C1CCC(C)O1. The highest BCUT2D eigenvalue weighted by molar-refractivity contribution is 4.82. The molecule has 0 bridgehead atoms. The van der Waals surface area contributed by atoms with Crippen LogP contribution in [0.4, 0.5) is 0 Å². The molecule has 3 heteroatoms. The Morgan fingerprint density at radius 1 is 1.50 bits per heavy atom. The lowest BCUT2D eigenvalue weighted by Crippen LogP contribution is -2.37. The summed E-state index contributed by atoms with van der Waals surface area (Å²) in [7, 11) is 0. The van der Waals surface area contributed by atoms with Gasteiger partial charge in [0.05, 0.1) is 18.3 Å². The van der Waals surface area contributed by atoms with Gasteiger partial charge in [0.25, 0.3) is 0 Å². The third-order valence-electron chi connectivity index (χ3n) is 3.09. The van der Waals surface area contributed by atoms with E-state index < -0.39 is 0 Å². The molecule has 4 unspecified atom stereocenters. The highest BCUT2D eigenvalue weighted by atomic mass is 16.5. The third-order valence-corrected chi connectivity index (χ3v) is 3.09. The lowest BCUT2D eigenvalue weighted by atomic mass is 9.92. The molecule has 1 heterocycles. The van der Waals surface area contributed by atoms with Crippen LogP contribution in [0, 0.1) is 5.92 Å². The zero-order chi connectivity index (χ0) is 10.6. The van der Waals surface area contributed by atoms with Gasteiger partial charge in [-0.1, -0.05) is 13.3 Å². The minimum Gasteiger partial charge on any atom is -0.390 e. The first kappa shape index (κ1) is 12.0. The van der Waals surface area contributed by atoms with Crippen molar-refractivity contribution >= 4 is 0 Å². The summed E-state index contributed by atoms with van der Waals surface area (Å²) in [6.45, 7) is 4.74. The second-order valence-corrected chi connectivity index (χ2v) is 4.34. The maximum atomic E-state index is 10.1. The van der Waals surface area contributed by atoms with Gasteiger partial charge < -0.3 is 15.6 Å². The maximum absolute atomic E-state index is 10.1. The second-order valence-electron chi connectivity index (χ2n) is 4.34. The molecule has 0 aromatic heterocycles. The molecule has 0 aromatic carbocycles. The molecule has 0 radical (unpaired) electrons. The van der Waals surface area contributed by atoms with E-state index in [0.29, 0.717) is 12.6 Å². The zero-order valence-corrected chi connectivity index (χ0v) is 9.28. The Bertz CT molecular complexity index is 159. The predicted molar refractivity (Wildman–Crippen MR) is 57.0 cm³/mol. The van der Waals surface area contributed by atoms with E-state index in [2.05, 4.69) is 13.8 Å². The van der Waals surface area contributed by atoms with E-state index in [-0.39, 0.29) is 18.1 Å². The molecule has 0 aromatic rings. The fraction of sp³-hybridized carbons (Fsp3) is 1.00. The van der Waals surface area contributed by atoms with Crippen LogP contribution in [0.3, 0.4) is 0 Å². The van der Waals surface area contributed by atoms with Gasteiger partial charge in [-0.15, -0.1) is 0 Å². The van der Waals surface area contributed by atoms with Crippen LogP contribution in [0.15, 0.2) is 0 Å². The molecule has 3 N–H and O–H groups in total. The maximum Gasteiger partial charge on any atom is 0.0842 e. The van der Waals surface area contributed by atoms with Crippen LogP contribution in [0.25, 0.3) is 0 Å². The number of rotatable bonds is 5. The summed E-state index contributed by atoms with van der Waals surface area (Å²) in [5, 5.41) is 10.1. The summed E-state index contributed by atoms with van der Waals surface area (Å²) >= 11 is 0. The van der Waals surface area contributed by atoms with Crippen molar-refractivity contribution in [3.8, 4) is 0 Å². The van der Waals surface area contributed by atoms with E-state index >= 15 is 0 Å². The molecule has 1 rings (SSSR count). The Hall–Kier alpha value is -0.120. The van der Waals surface area contributed by atoms with E-state index in [0.717, 1.165) is 25.7 Å². The van der Waals surface area contributed by atoms with Crippen LogP contribution in [0.1, 0.15) is 39.5 Å². The average molecular weight is 201 g/mol. The van der Waals surface area contributed by atoms with Crippen molar-refractivity contribution in [2.75, 3.05) is 6.54 Å². The van der Waals surface area contributed by atoms with E-state index in [1.165, 1.54) is 0 Å². The van der Waals surface area contributed by atoms with Gasteiger partial charge in [-0.3, -0.25) is 0 Å². The zero-order valence-electron chi connectivity index (χ0n) is 9.28. The first-order valence-electron chi connectivity index (χ1n) is 5.72. The molecule has 1 aliphatic heterocycles. The monoisotopic (exact) mass is 201 g/mol. The largest absolute Gasteiger partial charge is 0.390 e. The minimum atomic E-state index is -0.370. The Morgan fingerprint density at radius 3 is 2.64 bits per heavy atom. The number of hydrogen-bond acceptors (Lipinski definition) is 3. The molecule has 0 saturated carbocycles. The lowest BCUT2D eigenvalue weighted by Gasteiger charge is -2.26. The number of hydrogen-bond donors (Lipinski definition) is 2. The van der Waals surface area contributed by atoms with Gasteiger partial charge in [-0.05, 0) is 38.6 Å². The number of nitrogens with two attached hydrogens (primary N) is 1. The smallest absolute Gasteiger partial charge is 0.0842 e. The van der Waals surface area contributed by atoms with Crippen LogP contribution in [-0.4, -0.2) is 30.0 Å². The van der Waals surface area contributed by atoms with Crippen molar-refractivity contribution in [3.63, 3.8) is 0 Å². The van der Waals surface area contributed by atoms with Crippen LogP contribution < -0.4 is 5.73 Å². The van der Waals surface area contributed by atoms with E-state index in [1.807, 2.05) is 0 Å². The average Bonchev–Trinajstić information content (AvgIpc) is 2.60. The molecule has 0 aliphatic carbocycles. The number of ether oxygens (including phenoxy) is 1. The highest BCUT2D eigenvalue weighted by Crippen LogP contribution is 2.26. The van der Waals surface area contributed by atoms with Gasteiger partial charge in [0.1, 0.15) is 0 Å². The standard InChI is InChI=1S/C11H23NO2/c1-3-4-9(7-12)11(13)10-6-5-8(2)14-10/h8-11,13H,3-7,12H2,1-2H3. The van der Waals surface area contributed by atoms with Gasteiger partial charge in [0, 0.05) is 0 Å². The fourth-order valence-corrected chi connectivity index (χ4v) is 2.19. The highest BCUT2D eigenvalue weighted by Gasteiger charge is 2.32. The Morgan fingerprint density at radius 2 is 2.21 bits per heavy atom.